The van der Waals surface area contributed by atoms with E-state index in [1.165, 1.54) is 0 Å². The number of carbonyl (C=O) groups excluding carboxylic acids is 2. The van der Waals surface area contributed by atoms with E-state index >= 15 is 0 Å². The minimum atomic E-state index is -0.0409. The molecule has 0 aliphatic heterocycles. The third kappa shape index (κ3) is 3.18. The molecule has 0 heterocycles. The van der Waals surface area contributed by atoms with Crippen LogP contribution in [0, 0.1) is 13.8 Å². The third-order valence-electron chi connectivity index (χ3n) is 4.21. The average molecular weight is 314 g/mol. The van der Waals surface area contributed by atoms with Crippen molar-refractivity contribution in [2.45, 2.75) is 13.8 Å². The first-order valence-electron chi connectivity index (χ1n) is 7.88. The van der Waals surface area contributed by atoms with Gasteiger partial charge >= 0.3 is 0 Å². The average Bonchev–Trinajstić information content (AvgIpc) is 2.63. The first-order valence-corrected chi connectivity index (χ1v) is 7.88. The summed E-state index contributed by atoms with van der Waals surface area (Å²) < 4.78 is 0. The van der Waals surface area contributed by atoms with Gasteiger partial charge in [-0.3, -0.25) is 9.59 Å². The molecule has 3 rings (SSSR count). The monoisotopic (exact) mass is 314 g/mol. The summed E-state index contributed by atoms with van der Waals surface area (Å²) in [5.74, 6) is -0.0717. The Morgan fingerprint density at radius 1 is 0.542 bits per heavy atom. The molecule has 0 radical (unpaired) electrons. The Kier molecular flexibility index (Phi) is 4.39. The van der Waals surface area contributed by atoms with E-state index in [9.17, 15) is 9.59 Å². The second-order valence-corrected chi connectivity index (χ2v) is 5.90. The quantitative estimate of drug-likeness (QED) is 0.650. The van der Waals surface area contributed by atoms with Gasteiger partial charge in [0.15, 0.2) is 11.6 Å². The lowest BCUT2D eigenvalue weighted by Gasteiger charge is -2.06. The smallest absolute Gasteiger partial charge is 0.193 e. The Labute approximate surface area is 141 Å². The van der Waals surface area contributed by atoms with E-state index in [2.05, 4.69) is 0 Å². The van der Waals surface area contributed by atoms with E-state index in [0.29, 0.717) is 22.3 Å². The summed E-state index contributed by atoms with van der Waals surface area (Å²) in [5, 5.41) is 0. The van der Waals surface area contributed by atoms with Gasteiger partial charge in [-0.2, -0.15) is 0 Å². The van der Waals surface area contributed by atoms with Gasteiger partial charge in [0.2, 0.25) is 0 Å². The molecule has 0 saturated carbocycles. The molecule has 0 aliphatic rings. The molecule has 0 spiro atoms. The molecule has 0 bridgehead atoms. The topological polar surface area (TPSA) is 34.1 Å². The van der Waals surface area contributed by atoms with Crippen molar-refractivity contribution in [1.82, 2.24) is 0 Å². The van der Waals surface area contributed by atoms with Crippen molar-refractivity contribution in [3.8, 4) is 0 Å². The van der Waals surface area contributed by atoms with Gasteiger partial charge in [-0.1, -0.05) is 66.7 Å². The van der Waals surface area contributed by atoms with Crippen LogP contribution < -0.4 is 0 Å². The molecule has 0 aliphatic carbocycles. The number of hydrogen-bond donors (Lipinski definition) is 0. The van der Waals surface area contributed by atoms with Crippen LogP contribution in [0.3, 0.4) is 0 Å². The second-order valence-electron chi connectivity index (χ2n) is 5.90. The van der Waals surface area contributed by atoms with E-state index in [4.69, 9.17) is 0 Å². The Bertz CT molecular complexity index is 891. The lowest BCUT2D eigenvalue weighted by molar-refractivity contribution is 0.102. The molecule has 0 atom stereocenters. The van der Waals surface area contributed by atoms with Crippen molar-refractivity contribution in [1.29, 1.82) is 0 Å². The molecule has 0 unspecified atom stereocenters. The van der Waals surface area contributed by atoms with Gasteiger partial charge in [0.1, 0.15) is 0 Å². The van der Waals surface area contributed by atoms with E-state index in [1.54, 1.807) is 36.4 Å². The molecule has 0 N–H and O–H groups in total. The van der Waals surface area contributed by atoms with Crippen molar-refractivity contribution >= 4 is 11.6 Å². The second kappa shape index (κ2) is 6.63. The summed E-state index contributed by atoms with van der Waals surface area (Å²) in [4.78, 5) is 25.0. The molecule has 3 aromatic carbocycles. The molecule has 3 aromatic rings. The fourth-order valence-electron chi connectivity index (χ4n) is 2.58. The van der Waals surface area contributed by atoms with Crippen LogP contribution in [0.1, 0.15) is 43.0 Å². The highest BCUT2D eigenvalue weighted by atomic mass is 16.1. The summed E-state index contributed by atoms with van der Waals surface area (Å²) in [7, 11) is 0. The maximum atomic E-state index is 12.6. The highest BCUT2D eigenvalue weighted by Crippen LogP contribution is 2.16. The molecule has 0 fully saturated rings. The summed E-state index contributed by atoms with van der Waals surface area (Å²) in [6.45, 7) is 4.02. The zero-order chi connectivity index (χ0) is 17.1. The van der Waals surface area contributed by atoms with Crippen LogP contribution in [0.4, 0.5) is 0 Å². The van der Waals surface area contributed by atoms with E-state index in [-0.39, 0.29) is 11.6 Å². The van der Waals surface area contributed by atoms with Gasteiger partial charge in [-0.05, 0) is 31.0 Å². The molecule has 2 nitrogen and oxygen atoms in total. The number of aryl methyl sites for hydroxylation is 2. The summed E-state index contributed by atoms with van der Waals surface area (Å²) >= 11 is 0. The van der Waals surface area contributed by atoms with Crippen LogP contribution >= 0.6 is 0 Å². The van der Waals surface area contributed by atoms with Crippen LogP contribution in [-0.2, 0) is 0 Å². The highest BCUT2D eigenvalue weighted by Gasteiger charge is 2.12. The van der Waals surface area contributed by atoms with Crippen molar-refractivity contribution in [2.75, 3.05) is 0 Å². The Morgan fingerprint density at radius 2 is 1.00 bits per heavy atom. The van der Waals surface area contributed by atoms with Crippen LogP contribution in [-0.4, -0.2) is 11.6 Å². The van der Waals surface area contributed by atoms with Gasteiger partial charge in [-0.25, -0.2) is 0 Å². The number of rotatable bonds is 4. The molecular formula is C22H18O2. The Morgan fingerprint density at radius 3 is 1.54 bits per heavy atom. The predicted octanol–water partition coefficient (Wildman–Crippen LogP) is 4.77. The van der Waals surface area contributed by atoms with Crippen molar-refractivity contribution < 1.29 is 9.59 Å². The molecule has 0 amide bonds. The lowest BCUT2D eigenvalue weighted by atomic mass is 9.97. The predicted molar refractivity (Wildman–Crippen MR) is 95.7 cm³/mol. The Balaban J connectivity index is 1.85. The molecule has 2 heteroatoms. The summed E-state index contributed by atoms with van der Waals surface area (Å²) in [6.07, 6.45) is 0. The van der Waals surface area contributed by atoms with E-state index < -0.39 is 0 Å². The molecule has 0 aromatic heterocycles. The van der Waals surface area contributed by atoms with Gasteiger partial charge in [0, 0.05) is 22.3 Å². The largest absolute Gasteiger partial charge is 0.289 e. The van der Waals surface area contributed by atoms with Gasteiger partial charge < -0.3 is 0 Å². The fraction of sp³-hybridized carbons (Fsp3) is 0.0909. The lowest BCUT2D eigenvalue weighted by Crippen LogP contribution is -2.04. The van der Waals surface area contributed by atoms with Gasteiger partial charge in [0.25, 0.3) is 0 Å². The zero-order valence-corrected chi connectivity index (χ0v) is 13.7. The van der Waals surface area contributed by atoms with Gasteiger partial charge in [-0.15, -0.1) is 0 Å². The van der Waals surface area contributed by atoms with Gasteiger partial charge in [0.05, 0.1) is 0 Å². The van der Waals surface area contributed by atoms with Crippen molar-refractivity contribution in [2.24, 2.45) is 0 Å². The summed E-state index contributed by atoms with van der Waals surface area (Å²) in [6, 6.07) is 21.7. The normalized spacial score (nSPS) is 10.4. The summed E-state index contributed by atoms with van der Waals surface area (Å²) in [5.41, 5.74) is 4.73. The van der Waals surface area contributed by atoms with Crippen LogP contribution in [0.2, 0.25) is 0 Å². The first kappa shape index (κ1) is 15.9. The minimum absolute atomic E-state index is 0.0307. The molecule has 118 valence electrons. The number of hydrogen-bond acceptors (Lipinski definition) is 2. The Hall–Kier alpha value is -3.00. The maximum absolute atomic E-state index is 12.6. The van der Waals surface area contributed by atoms with E-state index in [1.807, 2.05) is 50.2 Å². The van der Waals surface area contributed by atoms with Crippen molar-refractivity contribution in [3.63, 3.8) is 0 Å². The van der Waals surface area contributed by atoms with E-state index in [0.717, 1.165) is 11.1 Å². The van der Waals surface area contributed by atoms with Crippen LogP contribution in [0.25, 0.3) is 0 Å². The van der Waals surface area contributed by atoms with Crippen molar-refractivity contribution in [3.05, 3.63) is 106 Å². The fourth-order valence-corrected chi connectivity index (χ4v) is 2.58. The molecule has 24 heavy (non-hydrogen) atoms. The van der Waals surface area contributed by atoms with Crippen LogP contribution in [0.5, 0.6) is 0 Å². The SMILES string of the molecule is Cc1ccc(C(=O)c2ccc(C(=O)c3ccccc3)cc2)cc1C. The number of ketones is 2. The third-order valence-corrected chi connectivity index (χ3v) is 4.21. The minimum Gasteiger partial charge on any atom is -0.289 e. The highest BCUT2D eigenvalue weighted by molar-refractivity contribution is 6.11. The van der Waals surface area contributed by atoms with Crippen LogP contribution in [0.15, 0.2) is 72.8 Å². The molecule has 0 saturated heterocycles. The standard InChI is InChI=1S/C22H18O2/c1-15-8-9-20(14-16(15)2)22(24)19-12-10-18(11-13-19)21(23)17-6-4-3-5-7-17/h3-14H,1-2H3. The number of carbonyl (C=O) groups is 2. The maximum Gasteiger partial charge on any atom is 0.193 e. The zero-order valence-electron chi connectivity index (χ0n) is 13.7. The first-order chi connectivity index (χ1) is 11.6. The molecular weight excluding hydrogens is 296 g/mol. The number of benzene rings is 3.